The Hall–Kier alpha value is -1.49. The zero-order chi connectivity index (χ0) is 15.5. The molecule has 0 aliphatic carbocycles. The zero-order valence-corrected chi connectivity index (χ0v) is 13.0. The molecule has 0 spiro atoms. The second-order valence-electron chi connectivity index (χ2n) is 6.24. The van der Waals surface area contributed by atoms with Gasteiger partial charge in [-0.05, 0) is 31.7 Å². The number of aliphatic hydroxyl groups is 2. The number of hydrogen-bond donors (Lipinski definition) is 2. The van der Waals surface area contributed by atoms with Crippen LogP contribution in [-0.2, 0) is 6.54 Å². The Morgan fingerprint density at radius 1 is 1.19 bits per heavy atom. The van der Waals surface area contributed by atoms with Gasteiger partial charge in [0.05, 0.1) is 18.7 Å². The van der Waals surface area contributed by atoms with Crippen LogP contribution in [0.5, 0.6) is 0 Å². The molecule has 0 amide bonds. The van der Waals surface area contributed by atoms with Gasteiger partial charge in [0.15, 0.2) is 0 Å². The molecule has 4 nitrogen and oxygen atoms in total. The molecule has 1 aromatic carbocycles. The standard InChI is InChI=1S/C17H24N2O2/c1-13-8-14(15-6-4-5-7-16(15)18-13)9-19(3)10-17(2,11-20)12-21/h4-8,20-21H,9-12H2,1-3H3. The number of aromatic nitrogens is 1. The molecule has 0 saturated carbocycles. The normalized spacial score (nSPS) is 12.3. The molecule has 21 heavy (non-hydrogen) atoms. The van der Waals surface area contributed by atoms with Crippen molar-refractivity contribution in [2.24, 2.45) is 5.41 Å². The predicted molar refractivity (Wildman–Crippen MR) is 85.1 cm³/mol. The Morgan fingerprint density at radius 3 is 2.52 bits per heavy atom. The lowest BCUT2D eigenvalue weighted by molar-refractivity contribution is 0.0403. The summed E-state index contributed by atoms with van der Waals surface area (Å²) in [6.45, 7) is 5.24. The first-order chi connectivity index (χ1) is 9.97. The topological polar surface area (TPSA) is 56.6 Å². The fourth-order valence-electron chi connectivity index (χ4n) is 2.67. The van der Waals surface area contributed by atoms with Crippen molar-refractivity contribution in [2.75, 3.05) is 26.8 Å². The lowest BCUT2D eigenvalue weighted by atomic mass is 9.92. The highest BCUT2D eigenvalue weighted by Crippen LogP contribution is 2.22. The number of hydrogen-bond acceptors (Lipinski definition) is 4. The van der Waals surface area contributed by atoms with Crippen molar-refractivity contribution in [3.8, 4) is 0 Å². The fraction of sp³-hybridized carbons (Fsp3) is 0.471. The Bertz CT molecular complexity index is 609. The minimum absolute atomic E-state index is 0.0238. The minimum atomic E-state index is -0.480. The number of nitrogens with zero attached hydrogens (tertiary/aromatic N) is 2. The van der Waals surface area contributed by atoms with E-state index in [1.165, 1.54) is 5.56 Å². The molecule has 0 unspecified atom stereocenters. The highest BCUT2D eigenvalue weighted by atomic mass is 16.3. The summed E-state index contributed by atoms with van der Waals surface area (Å²) in [4.78, 5) is 6.68. The van der Waals surface area contributed by atoms with E-state index in [2.05, 4.69) is 22.0 Å². The van der Waals surface area contributed by atoms with Crippen molar-refractivity contribution in [2.45, 2.75) is 20.4 Å². The third-order valence-electron chi connectivity index (χ3n) is 3.79. The van der Waals surface area contributed by atoms with E-state index in [0.717, 1.165) is 23.1 Å². The summed E-state index contributed by atoms with van der Waals surface area (Å²) in [7, 11) is 2.01. The van der Waals surface area contributed by atoms with Crippen LogP contribution in [0.4, 0.5) is 0 Å². The van der Waals surface area contributed by atoms with Gasteiger partial charge in [-0.3, -0.25) is 4.98 Å². The zero-order valence-electron chi connectivity index (χ0n) is 13.0. The minimum Gasteiger partial charge on any atom is -0.396 e. The van der Waals surface area contributed by atoms with Crippen LogP contribution in [0.15, 0.2) is 30.3 Å². The highest BCUT2D eigenvalue weighted by Gasteiger charge is 2.24. The number of para-hydroxylation sites is 1. The van der Waals surface area contributed by atoms with Gasteiger partial charge in [-0.15, -0.1) is 0 Å². The van der Waals surface area contributed by atoms with Crippen LogP contribution in [0.3, 0.4) is 0 Å². The molecule has 2 rings (SSSR count). The van der Waals surface area contributed by atoms with Crippen LogP contribution in [0.1, 0.15) is 18.2 Å². The fourth-order valence-corrected chi connectivity index (χ4v) is 2.67. The number of rotatable bonds is 6. The van der Waals surface area contributed by atoms with E-state index in [4.69, 9.17) is 0 Å². The first-order valence-electron chi connectivity index (χ1n) is 7.23. The number of pyridine rings is 1. The van der Waals surface area contributed by atoms with Crippen LogP contribution < -0.4 is 0 Å². The molecular weight excluding hydrogens is 264 g/mol. The summed E-state index contributed by atoms with van der Waals surface area (Å²) in [5.41, 5.74) is 2.75. The van der Waals surface area contributed by atoms with Gasteiger partial charge in [0.2, 0.25) is 0 Å². The monoisotopic (exact) mass is 288 g/mol. The van der Waals surface area contributed by atoms with E-state index < -0.39 is 5.41 Å². The molecule has 0 atom stereocenters. The number of fused-ring (bicyclic) bond motifs is 1. The summed E-state index contributed by atoms with van der Waals surface area (Å²) in [5, 5.41) is 20.0. The lowest BCUT2D eigenvalue weighted by Gasteiger charge is -2.30. The summed E-state index contributed by atoms with van der Waals surface area (Å²) >= 11 is 0. The van der Waals surface area contributed by atoms with E-state index in [9.17, 15) is 10.2 Å². The summed E-state index contributed by atoms with van der Waals surface area (Å²) in [6.07, 6.45) is 0. The molecule has 0 aliphatic heterocycles. The Balaban J connectivity index is 2.23. The van der Waals surface area contributed by atoms with E-state index in [1.807, 2.05) is 39.1 Å². The van der Waals surface area contributed by atoms with E-state index in [-0.39, 0.29) is 13.2 Å². The van der Waals surface area contributed by atoms with Gasteiger partial charge in [-0.1, -0.05) is 25.1 Å². The maximum atomic E-state index is 9.42. The van der Waals surface area contributed by atoms with Crippen molar-refractivity contribution in [1.82, 2.24) is 9.88 Å². The second kappa shape index (κ2) is 6.52. The van der Waals surface area contributed by atoms with Gasteiger partial charge in [0, 0.05) is 29.6 Å². The van der Waals surface area contributed by atoms with Gasteiger partial charge < -0.3 is 15.1 Å². The molecule has 2 aromatic rings. The molecule has 1 heterocycles. The molecule has 0 bridgehead atoms. The molecular formula is C17H24N2O2. The second-order valence-corrected chi connectivity index (χ2v) is 6.24. The number of benzene rings is 1. The van der Waals surface area contributed by atoms with E-state index in [0.29, 0.717) is 6.54 Å². The Labute approximate surface area is 126 Å². The number of aliphatic hydroxyl groups excluding tert-OH is 2. The molecule has 0 radical (unpaired) electrons. The molecule has 1 aromatic heterocycles. The first kappa shape index (κ1) is 15.9. The quantitative estimate of drug-likeness (QED) is 0.853. The molecule has 0 saturated heterocycles. The summed E-state index contributed by atoms with van der Waals surface area (Å²) in [6, 6.07) is 10.2. The first-order valence-corrected chi connectivity index (χ1v) is 7.23. The third kappa shape index (κ3) is 3.79. The molecule has 2 N–H and O–H groups in total. The van der Waals surface area contributed by atoms with Crippen molar-refractivity contribution in [3.05, 3.63) is 41.6 Å². The highest BCUT2D eigenvalue weighted by molar-refractivity contribution is 5.82. The van der Waals surface area contributed by atoms with Crippen molar-refractivity contribution in [1.29, 1.82) is 0 Å². The van der Waals surface area contributed by atoms with Gasteiger partial charge in [0.1, 0.15) is 0 Å². The third-order valence-corrected chi connectivity index (χ3v) is 3.79. The summed E-state index contributed by atoms with van der Waals surface area (Å²) in [5.74, 6) is 0. The van der Waals surface area contributed by atoms with E-state index in [1.54, 1.807) is 0 Å². The van der Waals surface area contributed by atoms with Gasteiger partial charge >= 0.3 is 0 Å². The average molecular weight is 288 g/mol. The van der Waals surface area contributed by atoms with Crippen LogP contribution in [0.2, 0.25) is 0 Å². The SMILES string of the molecule is Cc1cc(CN(C)CC(C)(CO)CO)c2ccccc2n1. The smallest absolute Gasteiger partial charge is 0.0708 e. The van der Waals surface area contributed by atoms with Crippen molar-refractivity contribution in [3.63, 3.8) is 0 Å². The maximum absolute atomic E-state index is 9.42. The van der Waals surface area contributed by atoms with Gasteiger partial charge in [-0.2, -0.15) is 0 Å². The van der Waals surface area contributed by atoms with Gasteiger partial charge in [0.25, 0.3) is 0 Å². The molecule has 4 heteroatoms. The molecule has 114 valence electrons. The number of aryl methyl sites for hydroxylation is 1. The predicted octanol–water partition coefficient (Wildman–Crippen LogP) is 1.97. The van der Waals surface area contributed by atoms with E-state index >= 15 is 0 Å². The van der Waals surface area contributed by atoms with Crippen LogP contribution in [-0.4, -0.2) is 46.9 Å². The van der Waals surface area contributed by atoms with Crippen LogP contribution in [0.25, 0.3) is 10.9 Å². The summed E-state index contributed by atoms with van der Waals surface area (Å²) < 4.78 is 0. The molecule has 0 aliphatic rings. The van der Waals surface area contributed by atoms with Gasteiger partial charge in [-0.25, -0.2) is 0 Å². The largest absolute Gasteiger partial charge is 0.396 e. The Kier molecular flexibility index (Phi) is 4.93. The van der Waals surface area contributed by atoms with Crippen molar-refractivity contribution >= 4 is 10.9 Å². The maximum Gasteiger partial charge on any atom is 0.0708 e. The average Bonchev–Trinajstić information content (AvgIpc) is 2.46. The van der Waals surface area contributed by atoms with Crippen LogP contribution >= 0.6 is 0 Å². The Morgan fingerprint density at radius 2 is 1.86 bits per heavy atom. The molecule has 0 fully saturated rings. The van der Waals surface area contributed by atoms with Crippen LogP contribution in [0, 0.1) is 12.3 Å². The lowest BCUT2D eigenvalue weighted by Crippen LogP contribution is -2.38. The van der Waals surface area contributed by atoms with Crippen molar-refractivity contribution < 1.29 is 10.2 Å².